The highest BCUT2D eigenvalue weighted by atomic mass is 16.5. The minimum atomic E-state index is -0.653. The van der Waals surface area contributed by atoms with Gasteiger partial charge in [-0.3, -0.25) is 9.69 Å². The molecule has 2 aliphatic heterocycles. The van der Waals surface area contributed by atoms with Gasteiger partial charge in [-0.05, 0) is 39.2 Å². The van der Waals surface area contributed by atoms with Crippen molar-refractivity contribution >= 4 is 5.97 Å². The van der Waals surface area contributed by atoms with E-state index in [1.807, 2.05) is 6.92 Å². The van der Waals surface area contributed by atoms with Crippen LogP contribution in [0.4, 0.5) is 0 Å². The molecule has 4 heteroatoms. The molecule has 0 spiro atoms. The summed E-state index contributed by atoms with van der Waals surface area (Å²) < 4.78 is 5.69. The third-order valence-electron chi connectivity index (χ3n) is 3.91. The Balaban J connectivity index is 1.84. The second-order valence-electron chi connectivity index (χ2n) is 4.96. The zero-order valence-corrected chi connectivity index (χ0v) is 9.89. The van der Waals surface area contributed by atoms with Crippen LogP contribution in [0, 0.1) is 5.92 Å². The molecule has 2 aliphatic rings. The van der Waals surface area contributed by atoms with E-state index in [1.165, 1.54) is 12.8 Å². The van der Waals surface area contributed by atoms with E-state index in [-0.39, 0.29) is 12.0 Å². The Bertz CT molecular complexity index is 251. The Morgan fingerprint density at radius 2 is 2.25 bits per heavy atom. The van der Waals surface area contributed by atoms with Gasteiger partial charge < -0.3 is 9.84 Å². The van der Waals surface area contributed by atoms with Crippen LogP contribution < -0.4 is 0 Å². The normalized spacial score (nSPS) is 36.4. The molecular weight excluding hydrogens is 206 g/mol. The van der Waals surface area contributed by atoms with Crippen molar-refractivity contribution in [2.75, 3.05) is 19.7 Å². The number of carbonyl (C=O) groups is 1. The van der Waals surface area contributed by atoms with Gasteiger partial charge in [0.25, 0.3) is 0 Å². The molecule has 0 radical (unpaired) electrons. The molecule has 0 saturated carbocycles. The first-order valence-electron chi connectivity index (χ1n) is 6.27. The Morgan fingerprint density at radius 3 is 2.81 bits per heavy atom. The molecule has 0 aliphatic carbocycles. The van der Waals surface area contributed by atoms with Crippen LogP contribution in [0.1, 0.15) is 32.6 Å². The van der Waals surface area contributed by atoms with Gasteiger partial charge in [0.05, 0.1) is 12.0 Å². The van der Waals surface area contributed by atoms with E-state index in [9.17, 15) is 4.79 Å². The lowest BCUT2D eigenvalue weighted by molar-refractivity contribution is -0.142. The van der Waals surface area contributed by atoms with E-state index in [2.05, 4.69) is 4.90 Å². The second-order valence-corrected chi connectivity index (χ2v) is 4.96. The fourth-order valence-corrected chi connectivity index (χ4v) is 2.80. The Labute approximate surface area is 96.6 Å². The van der Waals surface area contributed by atoms with E-state index in [0.717, 1.165) is 32.5 Å². The van der Waals surface area contributed by atoms with Gasteiger partial charge in [0.2, 0.25) is 0 Å². The van der Waals surface area contributed by atoms with Gasteiger partial charge in [-0.1, -0.05) is 0 Å². The van der Waals surface area contributed by atoms with Crippen LogP contribution >= 0.6 is 0 Å². The van der Waals surface area contributed by atoms with Crippen LogP contribution in [0.5, 0.6) is 0 Å². The molecule has 16 heavy (non-hydrogen) atoms. The molecule has 1 N–H and O–H groups in total. The third-order valence-corrected chi connectivity index (χ3v) is 3.91. The predicted octanol–water partition coefficient (Wildman–Crippen LogP) is 1.35. The highest BCUT2D eigenvalue weighted by Crippen LogP contribution is 2.26. The summed E-state index contributed by atoms with van der Waals surface area (Å²) in [6.45, 7) is 4.70. The first-order chi connectivity index (χ1) is 7.68. The van der Waals surface area contributed by atoms with Crippen molar-refractivity contribution in [3.05, 3.63) is 0 Å². The highest BCUT2D eigenvalue weighted by molar-refractivity contribution is 5.71. The molecular formula is C12H21NO3. The van der Waals surface area contributed by atoms with Crippen molar-refractivity contribution in [2.24, 2.45) is 5.92 Å². The summed E-state index contributed by atoms with van der Waals surface area (Å²) in [5.41, 5.74) is 0. The zero-order chi connectivity index (χ0) is 11.5. The SMILES string of the molecule is CC1C(C(=O)O)CCN1CC1CCCCO1. The topological polar surface area (TPSA) is 49.8 Å². The van der Waals surface area contributed by atoms with Crippen molar-refractivity contribution in [1.82, 2.24) is 4.90 Å². The smallest absolute Gasteiger partial charge is 0.308 e. The minimum absolute atomic E-state index is 0.156. The predicted molar refractivity (Wildman–Crippen MR) is 60.4 cm³/mol. The van der Waals surface area contributed by atoms with Gasteiger partial charge in [0.1, 0.15) is 0 Å². The Kier molecular flexibility index (Phi) is 3.82. The van der Waals surface area contributed by atoms with E-state index in [4.69, 9.17) is 9.84 Å². The van der Waals surface area contributed by atoms with Gasteiger partial charge >= 0.3 is 5.97 Å². The number of hydrogen-bond donors (Lipinski definition) is 1. The van der Waals surface area contributed by atoms with Crippen molar-refractivity contribution in [1.29, 1.82) is 0 Å². The monoisotopic (exact) mass is 227 g/mol. The summed E-state index contributed by atoms with van der Waals surface area (Å²) in [6, 6.07) is 0.156. The van der Waals surface area contributed by atoms with E-state index in [0.29, 0.717) is 6.10 Å². The van der Waals surface area contributed by atoms with Crippen molar-refractivity contribution in [2.45, 2.75) is 44.8 Å². The number of carboxylic acid groups (broad SMARTS) is 1. The molecule has 3 atom stereocenters. The summed E-state index contributed by atoms with van der Waals surface area (Å²) >= 11 is 0. The molecule has 2 fully saturated rings. The maximum Gasteiger partial charge on any atom is 0.308 e. The van der Waals surface area contributed by atoms with Crippen LogP contribution in [0.25, 0.3) is 0 Å². The van der Waals surface area contributed by atoms with Crippen LogP contribution in [-0.4, -0.2) is 47.8 Å². The molecule has 2 heterocycles. The van der Waals surface area contributed by atoms with Gasteiger partial charge in [0.15, 0.2) is 0 Å². The van der Waals surface area contributed by atoms with Gasteiger partial charge in [-0.15, -0.1) is 0 Å². The van der Waals surface area contributed by atoms with Gasteiger partial charge in [0, 0.05) is 19.2 Å². The van der Waals surface area contributed by atoms with Crippen molar-refractivity contribution in [3.8, 4) is 0 Å². The van der Waals surface area contributed by atoms with Crippen molar-refractivity contribution < 1.29 is 14.6 Å². The molecule has 0 aromatic rings. The standard InChI is InChI=1S/C12H21NO3/c1-9-11(12(14)15)5-6-13(9)8-10-4-2-3-7-16-10/h9-11H,2-8H2,1H3,(H,14,15). The lowest BCUT2D eigenvalue weighted by Gasteiger charge is -2.30. The lowest BCUT2D eigenvalue weighted by Crippen LogP contribution is -2.40. The van der Waals surface area contributed by atoms with Crippen LogP contribution in [-0.2, 0) is 9.53 Å². The summed E-state index contributed by atoms with van der Waals surface area (Å²) in [6.07, 6.45) is 4.65. The quantitative estimate of drug-likeness (QED) is 0.790. The first kappa shape index (κ1) is 11.9. The molecule has 0 bridgehead atoms. The molecule has 0 aromatic carbocycles. The summed E-state index contributed by atoms with van der Waals surface area (Å²) in [5, 5.41) is 9.05. The summed E-state index contributed by atoms with van der Waals surface area (Å²) in [7, 11) is 0. The maximum absolute atomic E-state index is 11.0. The summed E-state index contributed by atoms with van der Waals surface area (Å²) in [4.78, 5) is 13.3. The average molecular weight is 227 g/mol. The zero-order valence-electron chi connectivity index (χ0n) is 9.89. The number of rotatable bonds is 3. The maximum atomic E-state index is 11.0. The Hall–Kier alpha value is -0.610. The molecule has 2 rings (SSSR count). The average Bonchev–Trinajstić information content (AvgIpc) is 2.62. The van der Waals surface area contributed by atoms with Crippen molar-refractivity contribution in [3.63, 3.8) is 0 Å². The number of hydrogen-bond acceptors (Lipinski definition) is 3. The van der Waals surface area contributed by atoms with Crippen LogP contribution in [0.2, 0.25) is 0 Å². The number of carboxylic acids is 1. The molecule has 0 aromatic heterocycles. The molecule has 4 nitrogen and oxygen atoms in total. The molecule has 92 valence electrons. The van der Waals surface area contributed by atoms with Crippen LogP contribution in [0.15, 0.2) is 0 Å². The van der Waals surface area contributed by atoms with Gasteiger partial charge in [-0.25, -0.2) is 0 Å². The summed E-state index contributed by atoms with van der Waals surface area (Å²) in [5.74, 6) is -0.844. The lowest BCUT2D eigenvalue weighted by atomic mass is 10.0. The fourth-order valence-electron chi connectivity index (χ4n) is 2.80. The largest absolute Gasteiger partial charge is 0.481 e. The number of likely N-dealkylation sites (tertiary alicyclic amines) is 1. The number of nitrogens with zero attached hydrogens (tertiary/aromatic N) is 1. The van der Waals surface area contributed by atoms with Gasteiger partial charge in [-0.2, -0.15) is 0 Å². The van der Waals surface area contributed by atoms with Crippen LogP contribution in [0.3, 0.4) is 0 Å². The molecule has 2 saturated heterocycles. The first-order valence-corrected chi connectivity index (χ1v) is 6.27. The number of ether oxygens (including phenoxy) is 1. The highest BCUT2D eigenvalue weighted by Gasteiger charge is 2.36. The van der Waals surface area contributed by atoms with E-state index in [1.54, 1.807) is 0 Å². The Morgan fingerprint density at radius 1 is 1.44 bits per heavy atom. The van der Waals surface area contributed by atoms with E-state index < -0.39 is 5.97 Å². The fraction of sp³-hybridized carbons (Fsp3) is 0.917. The second kappa shape index (κ2) is 5.15. The molecule has 3 unspecified atom stereocenters. The minimum Gasteiger partial charge on any atom is -0.481 e. The van der Waals surface area contributed by atoms with E-state index >= 15 is 0 Å². The third kappa shape index (κ3) is 2.55. The number of aliphatic carboxylic acids is 1. The molecule has 0 amide bonds.